The molecule has 0 saturated carbocycles. The van der Waals surface area contributed by atoms with Gasteiger partial charge in [0.05, 0.1) is 0 Å². The fraction of sp³-hybridized carbons (Fsp3) is 0.231. The van der Waals surface area contributed by atoms with E-state index in [2.05, 4.69) is 16.4 Å². The van der Waals surface area contributed by atoms with Crippen molar-refractivity contribution in [3.8, 4) is 17.3 Å². The van der Waals surface area contributed by atoms with Crippen LogP contribution in [0.25, 0.3) is 11.3 Å². The predicted octanol–water partition coefficient (Wildman–Crippen LogP) is 2.52. The molecule has 96 valence electrons. The van der Waals surface area contributed by atoms with Crippen molar-refractivity contribution >= 4 is 5.95 Å². The fourth-order valence-electron chi connectivity index (χ4n) is 2.20. The number of nitrogens with zero attached hydrogens (tertiary/aromatic N) is 3. The summed E-state index contributed by atoms with van der Waals surface area (Å²) in [6.07, 6.45) is 0.898. The number of halogens is 2. The maximum absolute atomic E-state index is 13.3. The second-order valence-electron chi connectivity index (χ2n) is 4.31. The summed E-state index contributed by atoms with van der Waals surface area (Å²) >= 11 is 0. The van der Waals surface area contributed by atoms with Crippen LogP contribution in [0.4, 0.5) is 14.7 Å². The van der Waals surface area contributed by atoms with E-state index in [1.54, 1.807) is 4.57 Å². The molecule has 0 bridgehead atoms. The van der Waals surface area contributed by atoms with E-state index in [0.29, 0.717) is 29.4 Å². The van der Waals surface area contributed by atoms with Gasteiger partial charge in [0.15, 0.2) is 11.6 Å². The number of anilines is 1. The quantitative estimate of drug-likeness (QED) is 0.857. The van der Waals surface area contributed by atoms with E-state index in [1.165, 1.54) is 6.07 Å². The number of nitrogens with one attached hydrogen (secondary N) is 1. The molecule has 0 unspecified atom stereocenters. The summed E-state index contributed by atoms with van der Waals surface area (Å²) in [5, 5.41) is 12.3. The number of aromatic nitrogens is 2. The van der Waals surface area contributed by atoms with Gasteiger partial charge in [0, 0.05) is 18.7 Å². The zero-order valence-electron chi connectivity index (χ0n) is 9.95. The lowest BCUT2D eigenvalue weighted by molar-refractivity contribution is 0.509. The number of fused-ring (bicyclic) bond motifs is 1. The number of hydrogen-bond donors (Lipinski definition) is 1. The van der Waals surface area contributed by atoms with Crippen LogP contribution in [0.5, 0.6) is 0 Å². The topological polar surface area (TPSA) is 53.6 Å². The van der Waals surface area contributed by atoms with Crippen LogP contribution < -0.4 is 5.32 Å². The van der Waals surface area contributed by atoms with Gasteiger partial charge in [-0.25, -0.2) is 13.8 Å². The van der Waals surface area contributed by atoms with Crippen molar-refractivity contribution in [3.05, 3.63) is 35.5 Å². The molecule has 0 aliphatic carbocycles. The van der Waals surface area contributed by atoms with Gasteiger partial charge in [0.2, 0.25) is 5.95 Å². The Bertz CT molecular complexity index is 685. The third-order valence-electron chi connectivity index (χ3n) is 3.11. The van der Waals surface area contributed by atoms with Crippen LogP contribution in [0.2, 0.25) is 0 Å². The van der Waals surface area contributed by atoms with Crippen molar-refractivity contribution in [3.63, 3.8) is 0 Å². The van der Waals surface area contributed by atoms with Gasteiger partial charge in [-0.3, -0.25) is 0 Å². The summed E-state index contributed by atoms with van der Waals surface area (Å²) in [7, 11) is 0. The zero-order valence-corrected chi connectivity index (χ0v) is 9.95. The monoisotopic (exact) mass is 260 g/mol. The van der Waals surface area contributed by atoms with Crippen LogP contribution in [0, 0.1) is 23.0 Å². The lowest BCUT2D eigenvalue weighted by Gasteiger charge is -2.15. The Balaban J connectivity index is 2.17. The first-order valence-electron chi connectivity index (χ1n) is 5.90. The van der Waals surface area contributed by atoms with Crippen LogP contribution in [-0.4, -0.2) is 16.1 Å². The number of nitriles is 1. The Kier molecular flexibility index (Phi) is 2.67. The second kappa shape index (κ2) is 4.35. The highest BCUT2D eigenvalue weighted by molar-refractivity contribution is 5.68. The molecule has 1 aromatic heterocycles. The minimum absolute atomic E-state index is 0.369. The number of hydrogen-bond acceptors (Lipinski definition) is 3. The molecule has 0 fully saturated rings. The van der Waals surface area contributed by atoms with Crippen LogP contribution in [0.3, 0.4) is 0 Å². The molecule has 0 amide bonds. The third kappa shape index (κ3) is 1.83. The van der Waals surface area contributed by atoms with Gasteiger partial charge in [0.25, 0.3) is 0 Å². The molecule has 19 heavy (non-hydrogen) atoms. The average Bonchev–Trinajstić information content (AvgIpc) is 2.80. The SMILES string of the molecule is N#Cc1c(-c2ccc(F)c(F)c2)nc2n1CCCN2. The highest BCUT2D eigenvalue weighted by atomic mass is 19.2. The first kappa shape index (κ1) is 11.7. The Hall–Kier alpha value is -2.42. The van der Waals surface area contributed by atoms with E-state index < -0.39 is 11.6 Å². The van der Waals surface area contributed by atoms with E-state index in [9.17, 15) is 14.0 Å². The summed E-state index contributed by atoms with van der Waals surface area (Å²) in [6.45, 7) is 1.49. The lowest BCUT2D eigenvalue weighted by Crippen LogP contribution is -2.18. The van der Waals surface area contributed by atoms with E-state index in [-0.39, 0.29) is 0 Å². The number of benzene rings is 1. The number of rotatable bonds is 1. The van der Waals surface area contributed by atoms with Crippen molar-refractivity contribution in [1.29, 1.82) is 5.26 Å². The minimum atomic E-state index is -0.944. The van der Waals surface area contributed by atoms with Crippen molar-refractivity contribution in [1.82, 2.24) is 9.55 Å². The molecule has 1 aliphatic heterocycles. The van der Waals surface area contributed by atoms with Crippen molar-refractivity contribution in [2.45, 2.75) is 13.0 Å². The van der Waals surface area contributed by atoms with E-state index in [1.807, 2.05) is 0 Å². The van der Waals surface area contributed by atoms with Gasteiger partial charge in [-0.15, -0.1) is 0 Å². The summed E-state index contributed by atoms with van der Waals surface area (Å²) in [5.74, 6) is -1.26. The Labute approximate surface area is 108 Å². The first-order chi connectivity index (χ1) is 9.20. The van der Waals surface area contributed by atoms with Gasteiger partial charge in [-0.1, -0.05) is 0 Å². The fourth-order valence-corrected chi connectivity index (χ4v) is 2.20. The second-order valence-corrected chi connectivity index (χ2v) is 4.31. The summed E-state index contributed by atoms with van der Waals surface area (Å²) in [4.78, 5) is 4.30. The molecule has 0 atom stereocenters. The molecular weight excluding hydrogens is 250 g/mol. The van der Waals surface area contributed by atoms with Crippen LogP contribution in [0.1, 0.15) is 12.1 Å². The smallest absolute Gasteiger partial charge is 0.204 e. The zero-order chi connectivity index (χ0) is 13.4. The molecular formula is C13H10F2N4. The Morgan fingerprint density at radius 2 is 2.16 bits per heavy atom. The lowest BCUT2D eigenvalue weighted by atomic mass is 10.1. The van der Waals surface area contributed by atoms with Crippen LogP contribution in [-0.2, 0) is 6.54 Å². The summed E-state index contributed by atoms with van der Waals surface area (Å²) < 4.78 is 28.0. The maximum Gasteiger partial charge on any atom is 0.204 e. The molecule has 0 radical (unpaired) electrons. The minimum Gasteiger partial charge on any atom is -0.356 e. The molecule has 2 aromatic rings. The van der Waals surface area contributed by atoms with Gasteiger partial charge < -0.3 is 9.88 Å². The van der Waals surface area contributed by atoms with Gasteiger partial charge in [-0.05, 0) is 24.6 Å². The van der Waals surface area contributed by atoms with Crippen molar-refractivity contribution in [2.24, 2.45) is 0 Å². The summed E-state index contributed by atoms with van der Waals surface area (Å²) in [6, 6.07) is 5.60. The van der Waals surface area contributed by atoms with Crippen molar-refractivity contribution in [2.75, 3.05) is 11.9 Å². The third-order valence-corrected chi connectivity index (χ3v) is 3.11. The molecule has 3 rings (SSSR count). The molecule has 1 aromatic carbocycles. The Morgan fingerprint density at radius 1 is 1.32 bits per heavy atom. The maximum atomic E-state index is 13.3. The van der Waals surface area contributed by atoms with E-state index in [4.69, 9.17) is 0 Å². The van der Waals surface area contributed by atoms with Gasteiger partial charge >= 0.3 is 0 Å². The van der Waals surface area contributed by atoms with E-state index in [0.717, 1.165) is 25.1 Å². The average molecular weight is 260 g/mol. The highest BCUT2D eigenvalue weighted by Crippen LogP contribution is 2.28. The van der Waals surface area contributed by atoms with Gasteiger partial charge in [0.1, 0.15) is 17.5 Å². The normalized spacial score (nSPS) is 13.5. The Morgan fingerprint density at radius 3 is 2.89 bits per heavy atom. The van der Waals surface area contributed by atoms with E-state index >= 15 is 0 Å². The highest BCUT2D eigenvalue weighted by Gasteiger charge is 2.21. The molecule has 4 nitrogen and oxygen atoms in total. The largest absolute Gasteiger partial charge is 0.356 e. The first-order valence-corrected chi connectivity index (χ1v) is 5.90. The van der Waals surface area contributed by atoms with Gasteiger partial charge in [-0.2, -0.15) is 5.26 Å². The molecule has 0 saturated heterocycles. The molecule has 1 aliphatic rings. The number of imidazole rings is 1. The predicted molar refractivity (Wildman–Crippen MR) is 65.4 cm³/mol. The standard InChI is InChI=1S/C13H10F2N4/c14-9-3-2-8(6-10(9)15)12-11(7-16)19-5-1-4-17-13(19)18-12/h2-3,6H,1,4-5H2,(H,17,18). The molecule has 0 spiro atoms. The van der Waals surface area contributed by atoms with Crippen molar-refractivity contribution < 1.29 is 8.78 Å². The molecule has 6 heteroatoms. The molecule has 2 heterocycles. The van der Waals surface area contributed by atoms with Crippen LogP contribution >= 0.6 is 0 Å². The van der Waals surface area contributed by atoms with Crippen LogP contribution in [0.15, 0.2) is 18.2 Å². The molecule has 1 N–H and O–H groups in total. The summed E-state index contributed by atoms with van der Waals surface area (Å²) in [5.41, 5.74) is 1.15.